The minimum atomic E-state index is 0.957. The molecule has 0 fully saturated rings. The third kappa shape index (κ3) is 7.06. The molecule has 31 heavy (non-hydrogen) atoms. The molecule has 1 aliphatic heterocycles. The molecule has 0 amide bonds. The van der Waals surface area contributed by atoms with Crippen molar-refractivity contribution in [1.82, 2.24) is 24.8 Å². The van der Waals surface area contributed by atoms with E-state index in [0.717, 1.165) is 42.3 Å². The van der Waals surface area contributed by atoms with Crippen LogP contribution in [-0.2, 0) is 13.0 Å². The van der Waals surface area contributed by atoms with E-state index in [1.165, 1.54) is 16.2 Å². The molecule has 0 unspecified atom stereocenters. The summed E-state index contributed by atoms with van der Waals surface area (Å²) in [6.45, 7) is 12.7. The number of aromatic nitrogens is 3. The number of hydrogen-bond donors (Lipinski definition) is 1. The topological polar surface area (TPSA) is 45.5 Å². The van der Waals surface area contributed by atoms with Crippen LogP contribution in [0.2, 0.25) is 0 Å². The lowest BCUT2D eigenvalue weighted by Gasteiger charge is -2.24. The number of aryl methyl sites for hydroxylation is 1. The Kier molecular flexibility index (Phi) is 10.5. The fourth-order valence-corrected chi connectivity index (χ4v) is 4.03. The van der Waals surface area contributed by atoms with Crippen LogP contribution in [0.3, 0.4) is 0 Å². The summed E-state index contributed by atoms with van der Waals surface area (Å²) in [6, 6.07) is 10.4. The van der Waals surface area contributed by atoms with Gasteiger partial charge in [0.2, 0.25) is 0 Å². The standard InChI is InChI=1S/C17H18N4S.C5H8.C3H9N/c1-12-16(22-14-6-4-3-5-7-14)17-18-10-13-11-20(2)9-8-15(13)21(17)19-12;1-3-5-4-2;1-3-4-2/h3-7,10H,8-9,11H2,1-2H3;3-5H,1H2,2H3;4H,3H2,1-2H3/b;5-4-;. The second-order valence-corrected chi connectivity index (χ2v) is 8.34. The first-order valence-electron chi connectivity index (χ1n) is 10.7. The fourth-order valence-electron chi connectivity index (χ4n) is 3.08. The average Bonchev–Trinajstić information content (AvgIpc) is 3.11. The zero-order valence-corrected chi connectivity index (χ0v) is 20.2. The fraction of sp³-hybridized carbons (Fsp3) is 0.360. The quantitative estimate of drug-likeness (QED) is 0.572. The Bertz CT molecular complexity index is 976. The second kappa shape index (κ2) is 13.1. The third-order valence-corrected chi connectivity index (χ3v) is 5.96. The molecule has 0 atom stereocenters. The van der Waals surface area contributed by atoms with Crippen LogP contribution in [0.1, 0.15) is 30.8 Å². The molecule has 0 radical (unpaired) electrons. The molecule has 0 bridgehead atoms. The minimum absolute atomic E-state index is 0.957. The van der Waals surface area contributed by atoms with Crippen LogP contribution in [0, 0.1) is 6.92 Å². The summed E-state index contributed by atoms with van der Waals surface area (Å²) < 4.78 is 2.06. The van der Waals surface area contributed by atoms with Gasteiger partial charge in [0.05, 0.1) is 16.3 Å². The molecular weight excluding hydrogens is 402 g/mol. The Labute approximate surface area is 191 Å². The lowest BCUT2D eigenvalue weighted by Crippen LogP contribution is -2.28. The second-order valence-electron chi connectivity index (χ2n) is 7.25. The van der Waals surface area contributed by atoms with Crippen LogP contribution < -0.4 is 5.32 Å². The maximum absolute atomic E-state index is 4.76. The molecule has 4 rings (SSSR count). The molecule has 1 aliphatic rings. The van der Waals surface area contributed by atoms with Gasteiger partial charge in [0, 0.05) is 36.2 Å². The maximum Gasteiger partial charge on any atom is 0.169 e. The summed E-state index contributed by atoms with van der Waals surface area (Å²) in [4.78, 5) is 9.41. The molecule has 3 aromatic rings. The Morgan fingerprint density at radius 2 is 1.97 bits per heavy atom. The summed E-state index contributed by atoms with van der Waals surface area (Å²) in [6.07, 6.45) is 8.63. The van der Waals surface area contributed by atoms with E-state index in [-0.39, 0.29) is 0 Å². The van der Waals surface area contributed by atoms with E-state index in [4.69, 9.17) is 10.1 Å². The van der Waals surface area contributed by atoms with E-state index in [1.807, 2.05) is 38.4 Å². The van der Waals surface area contributed by atoms with Crippen LogP contribution in [0.15, 0.2) is 71.1 Å². The molecule has 2 aromatic heterocycles. The predicted octanol–water partition coefficient (Wildman–Crippen LogP) is 5.15. The van der Waals surface area contributed by atoms with Crippen molar-refractivity contribution >= 4 is 17.4 Å². The number of allylic oxidation sites excluding steroid dienone is 3. The van der Waals surface area contributed by atoms with Crippen LogP contribution in [0.5, 0.6) is 0 Å². The molecule has 6 heteroatoms. The monoisotopic (exact) mass is 437 g/mol. The molecule has 0 saturated carbocycles. The highest BCUT2D eigenvalue weighted by molar-refractivity contribution is 7.99. The summed E-state index contributed by atoms with van der Waals surface area (Å²) >= 11 is 1.75. The van der Waals surface area contributed by atoms with E-state index >= 15 is 0 Å². The van der Waals surface area contributed by atoms with Crippen molar-refractivity contribution in [1.29, 1.82) is 0 Å². The van der Waals surface area contributed by atoms with Gasteiger partial charge in [-0.05, 0) is 46.6 Å². The van der Waals surface area contributed by atoms with E-state index in [2.05, 4.69) is 66.5 Å². The normalized spacial score (nSPS) is 13.2. The van der Waals surface area contributed by atoms with Crippen molar-refractivity contribution in [2.75, 3.05) is 27.2 Å². The molecule has 3 heterocycles. The Hall–Kier alpha value is -2.41. The summed E-state index contributed by atoms with van der Waals surface area (Å²) in [5, 5.41) is 7.69. The van der Waals surface area contributed by atoms with Crippen LogP contribution in [0.25, 0.3) is 5.65 Å². The Morgan fingerprint density at radius 1 is 1.26 bits per heavy atom. The average molecular weight is 438 g/mol. The smallest absolute Gasteiger partial charge is 0.169 e. The highest BCUT2D eigenvalue weighted by atomic mass is 32.2. The number of nitrogens with zero attached hydrogens (tertiary/aromatic N) is 4. The molecule has 166 valence electrons. The number of likely N-dealkylation sites (N-methyl/N-ethyl adjacent to an activating group) is 1. The number of fused-ring (bicyclic) bond motifs is 3. The highest BCUT2D eigenvalue weighted by Crippen LogP contribution is 2.33. The lowest BCUT2D eigenvalue weighted by atomic mass is 10.1. The van der Waals surface area contributed by atoms with Crippen molar-refractivity contribution in [3.05, 3.63) is 78.3 Å². The van der Waals surface area contributed by atoms with Gasteiger partial charge in [-0.15, -0.1) is 0 Å². The summed E-state index contributed by atoms with van der Waals surface area (Å²) in [5.74, 6) is 0. The molecular formula is C25H35N5S. The molecule has 0 saturated heterocycles. The van der Waals surface area contributed by atoms with Crippen molar-refractivity contribution in [2.45, 2.75) is 43.5 Å². The molecule has 0 spiro atoms. The zero-order chi connectivity index (χ0) is 22.6. The first kappa shape index (κ1) is 24.9. The number of benzene rings is 1. The van der Waals surface area contributed by atoms with Crippen LogP contribution in [0.4, 0.5) is 0 Å². The van der Waals surface area contributed by atoms with E-state index in [1.54, 1.807) is 17.8 Å². The van der Waals surface area contributed by atoms with Gasteiger partial charge in [-0.25, -0.2) is 9.50 Å². The predicted molar refractivity (Wildman–Crippen MR) is 133 cm³/mol. The number of rotatable bonds is 4. The van der Waals surface area contributed by atoms with E-state index in [9.17, 15) is 0 Å². The van der Waals surface area contributed by atoms with Crippen LogP contribution >= 0.6 is 11.8 Å². The van der Waals surface area contributed by atoms with Gasteiger partial charge >= 0.3 is 0 Å². The molecule has 1 aromatic carbocycles. The van der Waals surface area contributed by atoms with E-state index < -0.39 is 0 Å². The zero-order valence-electron chi connectivity index (χ0n) is 19.4. The summed E-state index contributed by atoms with van der Waals surface area (Å²) in [7, 11) is 4.08. The number of hydrogen-bond acceptors (Lipinski definition) is 5. The summed E-state index contributed by atoms with van der Waals surface area (Å²) in [5.41, 5.74) is 4.63. The third-order valence-electron chi connectivity index (χ3n) is 4.77. The maximum atomic E-state index is 4.76. The lowest BCUT2D eigenvalue weighted by molar-refractivity contribution is 0.307. The Morgan fingerprint density at radius 3 is 2.55 bits per heavy atom. The van der Waals surface area contributed by atoms with Gasteiger partial charge < -0.3 is 10.2 Å². The molecule has 5 nitrogen and oxygen atoms in total. The van der Waals surface area contributed by atoms with Gasteiger partial charge in [0.1, 0.15) is 0 Å². The van der Waals surface area contributed by atoms with E-state index in [0.29, 0.717) is 0 Å². The first-order valence-corrected chi connectivity index (χ1v) is 11.5. The van der Waals surface area contributed by atoms with Crippen LogP contribution in [-0.4, -0.2) is 46.7 Å². The first-order chi connectivity index (χ1) is 15.0. The van der Waals surface area contributed by atoms with Crippen molar-refractivity contribution in [3.8, 4) is 0 Å². The largest absolute Gasteiger partial charge is 0.320 e. The Balaban J connectivity index is 0.000000325. The van der Waals surface area contributed by atoms with Crippen molar-refractivity contribution in [3.63, 3.8) is 0 Å². The van der Waals surface area contributed by atoms with Gasteiger partial charge in [-0.1, -0.05) is 61.7 Å². The van der Waals surface area contributed by atoms with Crippen molar-refractivity contribution in [2.24, 2.45) is 0 Å². The van der Waals surface area contributed by atoms with Gasteiger partial charge in [-0.3, -0.25) is 0 Å². The molecule has 1 N–H and O–H groups in total. The SMILES string of the molecule is C=C/C=C\C.CCNC.Cc1nn2c3c(cnc2c1Sc1ccccc1)CN(C)CC3. The van der Waals surface area contributed by atoms with Gasteiger partial charge in [0.15, 0.2) is 5.65 Å². The minimum Gasteiger partial charge on any atom is -0.320 e. The highest BCUT2D eigenvalue weighted by Gasteiger charge is 2.20. The number of nitrogens with one attached hydrogen (secondary N) is 1. The molecule has 0 aliphatic carbocycles. The van der Waals surface area contributed by atoms with Gasteiger partial charge in [-0.2, -0.15) is 5.10 Å². The van der Waals surface area contributed by atoms with Crippen molar-refractivity contribution < 1.29 is 0 Å². The van der Waals surface area contributed by atoms with Gasteiger partial charge in [0.25, 0.3) is 0 Å².